The van der Waals surface area contributed by atoms with E-state index in [1.54, 1.807) is 0 Å². The van der Waals surface area contributed by atoms with Crippen molar-refractivity contribution in [3.05, 3.63) is 121 Å². The largest absolute Gasteiger partial charge is 0.359 e. The zero-order valence-electron chi connectivity index (χ0n) is 20.1. The van der Waals surface area contributed by atoms with Crippen LogP contribution in [-0.4, -0.2) is 12.5 Å². The molecule has 3 aliphatic rings. The standard InChI is InChI=1S/C33H24N4/c1-2-8-25-24(7-1)27-10-5-9-26-23(17-18-28(25)31(26)27)21-13-15-22(16-14-21)32-36-29-11-3-4-12-30(29)37(32)33-34-19-6-20-35-33/h1-19,32,36H,20H2,(H,34,35). The Bertz CT molecular complexity index is 1730. The van der Waals surface area contributed by atoms with Crippen molar-refractivity contribution in [1.29, 1.82) is 0 Å². The number of rotatable bonds is 2. The molecule has 8 rings (SSSR count). The minimum Gasteiger partial charge on any atom is -0.359 e. The molecule has 0 bridgehead atoms. The van der Waals surface area contributed by atoms with Gasteiger partial charge in [-0.25, -0.2) is 4.99 Å². The van der Waals surface area contributed by atoms with Gasteiger partial charge in [0.1, 0.15) is 6.17 Å². The molecule has 0 aromatic heterocycles. The highest BCUT2D eigenvalue weighted by molar-refractivity contribution is 6.18. The first-order valence-electron chi connectivity index (χ1n) is 12.7. The predicted molar refractivity (Wildman–Crippen MR) is 154 cm³/mol. The number of nitrogens with one attached hydrogen (secondary N) is 2. The molecule has 4 nitrogen and oxygen atoms in total. The molecular formula is C33H24N4. The van der Waals surface area contributed by atoms with Crippen LogP contribution in [0.25, 0.3) is 44.2 Å². The fourth-order valence-electron chi connectivity index (χ4n) is 6.05. The van der Waals surface area contributed by atoms with Gasteiger partial charge < -0.3 is 10.6 Å². The number of aliphatic imine (C=N–C) groups is 1. The Morgan fingerprint density at radius 2 is 1.41 bits per heavy atom. The normalized spacial score (nSPS) is 16.7. The van der Waals surface area contributed by atoms with E-state index in [4.69, 9.17) is 0 Å². The summed E-state index contributed by atoms with van der Waals surface area (Å²) in [5.74, 6) is 0.862. The first-order chi connectivity index (χ1) is 18.4. The molecule has 176 valence electrons. The second kappa shape index (κ2) is 7.84. The van der Waals surface area contributed by atoms with Crippen LogP contribution in [0, 0.1) is 0 Å². The van der Waals surface area contributed by atoms with Crippen LogP contribution >= 0.6 is 0 Å². The molecule has 2 aliphatic heterocycles. The summed E-state index contributed by atoms with van der Waals surface area (Å²) in [5, 5.41) is 9.80. The Kier molecular flexibility index (Phi) is 4.31. The van der Waals surface area contributed by atoms with Gasteiger partial charge in [-0.1, -0.05) is 91.0 Å². The van der Waals surface area contributed by atoms with Crippen LogP contribution in [0.2, 0.25) is 0 Å². The Balaban J connectivity index is 1.20. The van der Waals surface area contributed by atoms with Crippen LogP contribution in [0.4, 0.5) is 11.4 Å². The van der Waals surface area contributed by atoms with Gasteiger partial charge in [0.25, 0.3) is 0 Å². The van der Waals surface area contributed by atoms with E-state index >= 15 is 0 Å². The van der Waals surface area contributed by atoms with E-state index in [2.05, 4.69) is 124 Å². The molecular weight excluding hydrogens is 452 g/mol. The minimum atomic E-state index is -0.0356. The second-order valence-electron chi connectivity index (χ2n) is 9.71. The first-order valence-corrected chi connectivity index (χ1v) is 12.7. The lowest BCUT2D eigenvalue weighted by molar-refractivity contribution is 0.812. The van der Waals surface area contributed by atoms with Crippen molar-refractivity contribution in [2.45, 2.75) is 6.17 Å². The highest BCUT2D eigenvalue weighted by Crippen LogP contribution is 2.49. The van der Waals surface area contributed by atoms with E-state index in [1.807, 2.05) is 12.3 Å². The monoisotopic (exact) mass is 476 g/mol. The van der Waals surface area contributed by atoms with Crippen LogP contribution in [0.1, 0.15) is 11.7 Å². The van der Waals surface area contributed by atoms with Crippen LogP contribution < -0.4 is 15.5 Å². The number of nitrogens with zero attached hydrogens (tertiary/aromatic N) is 2. The smallest absolute Gasteiger partial charge is 0.205 e. The van der Waals surface area contributed by atoms with Gasteiger partial charge >= 0.3 is 0 Å². The number of para-hydroxylation sites is 2. The molecule has 1 atom stereocenters. The van der Waals surface area contributed by atoms with Crippen molar-refractivity contribution in [3.8, 4) is 33.4 Å². The topological polar surface area (TPSA) is 39.7 Å². The summed E-state index contributed by atoms with van der Waals surface area (Å²) in [4.78, 5) is 6.89. The van der Waals surface area contributed by atoms with Crippen molar-refractivity contribution < 1.29 is 0 Å². The Morgan fingerprint density at radius 1 is 0.676 bits per heavy atom. The first kappa shape index (κ1) is 20.4. The Morgan fingerprint density at radius 3 is 2.22 bits per heavy atom. The molecule has 0 saturated heterocycles. The molecule has 2 N–H and O–H groups in total. The Labute approximate surface area is 215 Å². The molecule has 0 spiro atoms. The maximum Gasteiger partial charge on any atom is 0.205 e. The van der Waals surface area contributed by atoms with Gasteiger partial charge in [0.05, 0.1) is 11.4 Å². The van der Waals surface area contributed by atoms with Gasteiger partial charge in [0, 0.05) is 12.7 Å². The van der Waals surface area contributed by atoms with Crippen molar-refractivity contribution in [2.75, 3.05) is 16.8 Å². The average Bonchev–Trinajstić information content (AvgIpc) is 3.52. The summed E-state index contributed by atoms with van der Waals surface area (Å²) >= 11 is 0. The van der Waals surface area contributed by atoms with E-state index in [9.17, 15) is 0 Å². The van der Waals surface area contributed by atoms with Crippen molar-refractivity contribution in [3.63, 3.8) is 0 Å². The molecule has 1 aliphatic carbocycles. The van der Waals surface area contributed by atoms with Crippen molar-refractivity contribution in [1.82, 2.24) is 5.32 Å². The van der Waals surface area contributed by atoms with Gasteiger partial charge in [-0.3, -0.25) is 4.90 Å². The third kappa shape index (κ3) is 2.99. The average molecular weight is 477 g/mol. The van der Waals surface area contributed by atoms with Crippen LogP contribution in [-0.2, 0) is 0 Å². The van der Waals surface area contributed by atoms with Crippen LogP contribution in [0.3, 0.4) is 0 Å². The number of hydrogen-bond donors (Lipinski definition) is 2. The highest BCUT2D eigenvalue weighted by Gasteiger charge is 2.33. The summed E-state index contributed by atoms with van der Waals surface area (Å²) in [5.41, 5.74) is 11.3. The summed E-state index contributed by atoms with van der Waals surface area (Å²) in [7, 11) is 0. The number of fused-ring (bicyclic) bond motifs is 4. The molecule has 0 amide bonds. The third-order valence-corrected chi connectivity index (χ3v) is 7.71. The molecule has 4 heteroatoms. The van der Waals surface area contributed by atoms with E-state index in [1.165, 1.54) is 49.7 Å². The molecule has 0 saturated carbocycles. The van der Waals surface area contributed by atoms with Gasteiger partial charge in [0.15, 0.2) is 0 Å². The van der Waals surface area contributed by atoms with Crippen molar-refractivity contribution >= 4 is 28.1 Å². The SMILES string of the molecule is C1=CN=C(N2c3ccccc3NC2c2ccc(-c3ccc4c5c(cccc35)-c3ccccc3-4)cc2)NC1. The fraction of sp³-hybridized carbons (Fsp3) is 0.0606. The second-order valence-corrected chi connectivity index (χ2v) is 9.71. The molecule has 5 aromatic rings. The van der Waals surface area contributed by atoms with Gasteiger partial charge in [-0.05, 0) is 67.9 Å². The van der Waals surface area contributed by atoms with Gasteiger partial charge in [-0.2, -0.15) is 0 Å². The number of anilines is 2. The quantitative estimate of drug-likeness (QED) is 0.271. The van der Waals surface area contributed by atoms with Crippen molar-refractivity contribution in [2.24, 2.45) is 4.99 Å². The lowest BCUT2D eigenvalue weighted by Gasteiger charge is -2.29. The summed E-state index contributed by atoms with van der Waals surface area (Å²) in [6.07, 6.45) is 3.87. The van der Waals surface area contributed by atoms with E-state index in [0.29, 0.717) is 0 Å². The minimum absolute atomic E-state index is 0.0356. The molecule has 2 heterocycles. The molecule has 5 aromatic carbocycles. The summed E-state index contributed by atoms with van der Waals surface area (Å²) < 4.78 is 0. The lowest BCUT2D eigenvalue weighted by Crippen LogP contribution is -2.44. The molecule has 0 radical (unpaired) electrons. The number of guanidine groups is 1. The summed E-state index contributed by atoms with van der Waals surface area (Å²) in [6, 6.07) is 37.4. The maximum atomic E-state index is 4.64. The van der Waals surface area contributed by atoms with E-state index in [-0.39, 0.29) is 6.17 Å². The predicted octanol–water partition coefficient (Wildman–Crippen LogP) is 7.56. The van der Waals surface area contributed by atoms with E-state index < -0.39 is 0 Å². The highest BCUT2D eigenvalue weighted by atomic mass is 15.4. The molecule has 37 heavy (non-hydrogen) atoms. The maximum absolute atomic E-state index is 4.64. The zero-order chi connectivity index (χ0) is 24.3. The molecule has 0 fully saturated rings. The number of hydrogen-bond acceptors (Lipinski definition) is 4. The van der Waals surface area contributed by atoms with Gasteiger partial charge in [-0.15, -0.1) is 0 Å². The van der Waals surface area contributed by atoms with Crippen LogP contribution in [0.5, 0.6) is 0 Å². The lowest BCUT2D eigenvalue weighted by atomic mass is 9.94. The van der Waals surface area contributed by atoms with Gasteiger partial charge in [0.2, 0.25) is 5.96 Å². The van der Waals surface area contributed by atoms with E-state index in [0.717, 1.165) is 23.9 Å². The third-order valence-electron chi connectivity index (χ3n) is 7.71. The number of benzene rings is 5. The molecule has 1 unspecified atom stereocenters. The van der Waals surface area contributed by atoms with Crippen LogP contribution in [0.15, 0.2) is 120 Å². The fourth-order valence-corrected chi connectivity index (χ4v) is 6.05. The summed E-state index contributed by atoms with van der Waals surface area (Å²) in [6.45, 7) is 0.776. The zero-order valence-corrected chi connectivity index (χ0v) is 20.1. The Hall–Kier alpha value is -4.83.